The maximum atomic E-state index is 12.8. The number of H-pyrrole nitrogens is 1. The Morgan fingerprint density at radius 1 is 1.57 bits per heavy atom. The summed E-state index contributed by atoms with van der Waals surface area (Å²) in [6.45, 7) is 6.95. The molecule has 0 aromatic carbocycles. The summed E-state index contributed by atoms with van der Waals surface area (Å²) in [6.07, 6.45) is 2.94. The van der Waals surface area contributed by atoms with Crippen molar-refractivity contribution in [1.82, 2.24) is 20.4 Å². The van der Waals surface area contributed by atoms with Gasteiger partial charge in [-0.2, -0.15) is 5.10 Å². The first kappa shape index (κ1) is 16.1. The molecule has 2 aromatic rings. The normalized spacial score (nSPS) is 19.1. The average Bonchev–Trinajstić information content (AvgIpc) is 3.26. The van der Waals surface area contributed by atoms with Crippen LogP contribution in [0.4, 0.5) is 4.79 Å². The van der Waals surface area contributed by atoms with Crippen LogP contribution < -0.4 is 5.32 Å². The van der Waals surface area contributed by atoms with Crippen molar-refractivity contribution in [1.29, 1.82) is 0 Å². The molecule has 2 N–H and O–H groups in total. The Morgan fingerprint density at radius 2 is 2.39 bits per heavy atom. The molecule has 0 bridgehead atoms. The van der Waals surface area contributed by atoms with Gasteiger partial charge in [0.15, 0.2) is 0 Å². The molecule has 1 aliphatic rings. The fraction of sp³-hybridized carbons (Fsp3) is 0.529. The summed E-state index contributed by atoms with van der Waals surface area (Å²) in [4.78, 5) is 16.0. The second-order valence-corrected chi connectivity index (χ2v) is 7.10. The van der Waals surface area contributed by atoms with Crippen LogP contribution >= 0.6 is 11.3 Å². The first-order valence-electron chi connectivity index (χ1n) is 8.23. The Kier molecular flexibility index (Phi) is 4.71. The molecule has 1 saturated heterocycles. The largest absolute Gasteiger partial charge is 0.330 e. The number of aryl methyl sites for hydroxylation is 2. The highest BCUT2D eigenvalue weighted by Gasteiger charge is 2.33. The third-order valence-electron chi connectivity index (χ3n) is 4.62. The standard InChI is InChI=1S/C17H24N4OS/c1-4-13(15-8-6-10-23-15)18-17(22)21-9-5-7-14(21)16-11(2)19-20-12(16)3/h6,8,10,13-14H,4-5,7,9H2,1-3H3,(H,18,22)(H,19,20)/t13-,14+/m1/s1. The Bertz CT molecular complexity index is 645. The number of carbonyl (C=O) groups excluding carboxylic acids is 1. The molecular weight excluding hydrogens is 308 g/mol. The molecule has 2 aromatic heterocycles. The van der Waals surface area contributed by atoms with Gasteiger partial charge < -0.3 is 10.2 Å². The molecule has 0 unspecified atom stereocenters. The van der Waals surface area contributed by atoms with Gasteiger partial charge in [0.25, 0.3) is 0 Å². The summed E-state index contributed by atoms with van der Waals surface area (Å²) in [6, 6.07) is 4.38. The number of aromatic nitrogens is 2. The van der Waals surface area contributed by atoms with Crippen LogP contribution in [0, 0.1) is 13.8 Å². The second kappa shape index (κ2) is 6.74. The second-order valence-electron chi connectivity index (χ2n) is 6.12. The lowest BCUT2D eigenvalue weighted by atomic mass is 10.0. The quantitative estimate of drug-likeness (QED) is 0.886. The van der Waals surface area contributed by atoms with E-state index < -0.39 is 0 Å². The van der Waals surface area contributed by atoms with E-state index in [0.717, 1.165) is 37.2 Å². The first-order valence-corrected chi connectivity index (χ1v) is 9.11. The third kappa shape index (κ3) is 3.13. The minimum Gasteiger partial charge on any atom is -0.330 e. The molecule has 5 nitrogen and oxygen atoms in total. The fourth-order valence-corrected chi connectivity index (χ4v) is 4.32. The summed E-state index contributed by atoms with van der Waals surface area (Å²) in [5.74, 6) is 0. The van der Waals surface area contributed by atoms with Crippen LogP contribution in [0.15, 0.2) is 17.5 Å². The van der Waals surface area contributed by atoms with Gasteiger partial charge in [0.1, 0.15) is 0 Å². The van der Waals surface area contributed by atoms with E-state index in [4.69, 9.17) is 0 Å². The minimum absolute atomic E-state index is 0.0350. The van der Waals surface area contributed by atoms with Gasteiger partial charge in [-0.15, -0.1) is 11.3 Å². The Morgan fingerprint density at radius 3 is 3.00 bits per heavy atom. The van der Waals surface area contributed by atoms with Crippen LogP contribution in [0.2, 0.25) is 0 Å². The van der Waals surface area contributed by atoms with E-state index in [1.54, 1.807) is 11.3 Å². The van der Waals surface area contributed by atoms with Crippen LogP contribution in [-0.4, -0.2) is 27.7 Å². The number of urea groups is 1. The molecule has 0 aliphatic carbocycles. The predicted molar refractivity (Wildman–Crippen MR) is 92.6 cm³/mol. The summed E-state index contributed by atoms with van der Waals surface area (Å²) in [5, 5.41) is 12.6. The molecule has 2 amide bonds. The van der Waals surface area contributed by atoms with Crippen molar-refractivity contribution in [3.05, 3.63) is 39.3 Å². The Labute approximate surface area is 141 Å². The van der Waals surface area contributed by atoms with Crippen LogP contribution in [0.3, 0.4) is 0 Å². The SMILES string of the molecule is CC[C@@H](NC(=O)N1CCC[C@H]1c1c(C)n[nH]c1C)c1cccs1. The molecule has 3 rings (SSSR count). The zero-order valence-electron chi connectivity index (χ0n) is 13.9. The molecular formula is C17H24N4OS. The Balaban J connectivity index is 1.76. The topological polar surface area (TPSA) is 61.0 Å². The van der Waals surface area contributed by atoms with Gasteiger partial charge in [-0.3, -0.25) is 5.10 Å². The van der Waals surface area contributed by atoms with Crippen LogP contribution in [0.5, 0.6) is 0 Å². The lowest BCUT2D eigenvalue weighted by Crippen LogP contribution is -2.41. The van der Waals surface area contributed by atoms with E-state index in [1.165, 1.54) is 10.4 Å². The van der Waals surface area contributed by atoms with Gasteiger partial charge >= 0.3 is 6.03 Å². The van der Waals surface area contributed by atoms with Gasteiger partial charge in [0.05, 0.1) is 17.8 Å². The average molecular weight is 332 g/mol. The number of amides is 2. The molecule has 0 saturated carbocycles. The predicted octanol–water partition coefficient (Wildman–Crippen LogP) is 4.09. The van der Waals surface area contributed by atoms with Crippen molar-refractivity contribution < 1.29 is 4.79 Å². The third-order valence-corrected chi connectivity index (χ3v) is 5.61. The van der Waals surface area contributed by atoms with E-state index in [0.29, 0.717) is 0 Å². The molecule has 0 radical (unpaired) electrons. The lowest BCUT2D eigenvalue weighted by Gasteiger charge is -2.27. The number of likely N-dealkylation sites (tertiary alicyclic amines) is 1. The van der Waals surface area contributed by atoms with Gasteiger partial charge in [0, 0.05) is 22.7 Å². The summed E-state index contributed by atoms with van der Waals surface area (Å²) >= 11 is 1.70. The summed E-state index contributed by atoms with van der Waals surface area (Å²) < 4.78 is 0. The van der Waals surface area contributed by atoms with E-state index in [9.17, 15) is 4.79 Å². The van der Waals surface area contributed by atoms with Crippen LogP contribution in [0.1, 0.15) is 60.1 Å². The number of hydrogen-bond acceptors (Lipinski definition) is 3. The van der Waals surface area contributed by atoms with Crippen molar-refractivity contribution in [2.75, 3.05) is 6.54 Å². The molecule has 3 heterocycles. The maximum absolute atomic E-state index is 12.8. The van der Waals surface area contributed by atoms with Crippen LogP contribution in [0.25, 0.3) is 0 Å². The number of thiophene rings is 1. The van der Waals surface area contributed by atoms with E-state index in [1.807, 2.05) is 24.8 Å². The van der Waals surface area contributed by atoms with E-state index in [2.05, 4.69) is 33.9 Å². The van der Waals surface area contributed by atoms with E-state index in [-0.39, 0.29) is 18.1 Å². The van der Waals surface area contributed by atoms with Crippen molar-refractivity contribution in [3.63, 3.8) is 0 Å². The number of carbonyl (C=O) groups is 1. The minimum atomic E-state index is 0.0350. The highest BCUT2D eigenvalue weighted by Crippen LogP contribution is 2.35. The summed E-state index contributed by atoms with van der Waals surface area (Å²) in [5.41, 5.74) is 3.25. The zero-order chi connectivity index (χ0) is 16.4. The zero-order valence-corrected chi connectivity index (χ0v) is 14.7. The number of nitrogens with one attached hydrogen (secondary N) is 2. The molecule has 6 heteroatoms. The lowest BCUT2D eigenvalue weighted by molar-refractivity contribution is 0.188. The number of hydrogen-bond donors (Lipinski definition) is 2. The molecule has 124 valence electrons. The van der Waals surface area contributed by atoms with E-state index >= 15 is 0 Å². The number of rotatable bonds is 4. The van der Waals surface area contributed by atoms with Gasteiger partial charge in [-0.1, -0.05) is 13.0 Å². The molecule has 1 fully saturated rings. The first-order chi connectivity index (χ1) is 11.1. The van der Waals surface area contributed by atoms with Crippen molar-refractivity contribution >= 4 is 17.4 Å². The van der Waals surface area contributed by atoms with Gasteiger partial charge in [0.2, 0.25) is 0 Å². The van der Waals surface area contributed by atoms with Crippen LogP contribution in [-0.2, 0) is 0 Å². The highest BCUT2D eigenvalue weighted by atomic mass is 32.1. The number of nitrogens with zero attached hydrogens (tertiary/aromatic N) is 2. The molecule has 2 atom stereocenters. The van der Waals surface area contributed by atoms with Gasteiger partial charge in [-0.25, -0.2) is 4.79 Å². The smallest absolute Gasteiger partial charge is 0.318 e. The number of aromatic amines is 1. The van der Waals surface area contributed by atoms with Gasteiger partial charge in [-0.05, 0) is 44.6 Å². The Hall–Kier alpha value is -1.82. The molecule has 0 spiro atoms. The maximum Gasteiger partial charge on any atom is 0.318 e. The summed E-state index contributed by atoms with van der Waals surface area (Å²) in [7, 11) is 0. The fourth-order valence-electron chi connectivity index (χ4n) is 3.46. The van der Waals surface area contributed by atoms with Crippen molar-refractivity contribution in [3.8, 4) is 0 Å². The monoisotopic (exact) mass is 332 g/mol. The molecule has 1 aliphatic heterocycles. The van der Waals surface area contributed by atoms with Crippen molar-refractivity contribution in [2.45, 2.75) is 52.1 Å². The highest BCUT2D eigenvalue weighted by molar-refractivity contribution is 7.10. The van der Waals surface area contributed by atoms with Crippen molar-refractivity contribution in [2.24, 2.45) is 0 Å². The molecule has 23 heavy (non-hydrogen) atoms.